The molecule has 1 aromatic carbocycles. The van der Waals surface area contributed by atoms with Crippen LogP contribution in [0, 0.1) is 0 Å². The molecule has 7 heteroatoms. The highest BCUT2D eigenvalue weighted by Gasteiger charge is 2.45. The zero-order chi connectivity index (χ0) is 21.9. The summed E-state index contributed by atoms with van der Waals surface area (Å²) in [6, 6.07) is 7.69. The van der Waals surface area contributed by atoms with Crippen LogP contribution in [0.3, 0.4) is 0 Å². The minimum Gasteiger partial charge on any atom is -0.444 e. The summed E-state index contributed by atoms with van der Waals surface area (Å²) in [4.78, 5) is 29.4. The standard InChI is InChI=1S/C23H33BrN2O4/c1-22(2,3)30-21(28)26-15-13-25(14-16-26)20(27)19(17-7-9-18(24)10-8-17)23(29)11-5-4-6-12-23/h7-10,19,29H,4-6,11-16H2,1-3H3. The number of nitrogens with zero attached hydrogens (tertiary/aromatic N) is 2. The highest BCUT2D eigenvalue weighted by atomic mass is 79.9. The Labute approximate surface area is 187 Å². The number of aliphatic hydroxyl groups is 1. The van der Waals surface area contributed by atoms with Crippen molar-refractivity contribution in [3.8, 4) is 0 Å². The lowest BCUT2D eigenvalue weighted by Gasteiger charge is -2.43. The van der Waals surface area contributed by atoms with Gasteiger partial charge in [-0.25, -0.2) is 4.79 Å². The molecule has 1 saturated heterocycles. The number of hydrogen-bond donors (Lipinski definition) is 1. The Morgan fingerprint density at radius 3 is 2.07 bits per heavy atom. The summed E-state index contributed by atoms with van der Waals surface area (Å²) < 4.78 is 6.39. The van der Waals surface area contributed by atoms with E-state index in [1.807, 2.05) is 45.0 Å². The first-order chi connectivity index (χ1) is 14.1. The predicted molar refractivity (Wildman–Crippen MR) is 119 cm³/mol. The minimum atomic E-state index is -1.02. The number of halogens is 1. The molecule has 0 spiro atoms. The van der Waals surface area contributed by atoms with E-state index in [0.29, 0.717) is 39.0 Å². The van der Waals surface area contributed by atoms with E-state index in [4.69, 9.17) is 4.74 Å². The predicted octanol–water partition coefficient (Wildman–Crippen LogP) is 4.31. The summed E-state index contributed by atoms with van der Waals surface area (Å²) in [5.74, 6) is -0.635. The van der Waals surface area contributed by atoms with E-state index in [9.17, 15) is 14.7 Å². The van der Waals surface area contributed by atoms with Gasteiger partial charge in [-0.15, -0.1) is 0 Å². The van der Waals surface area contributed by atoms with Crippen molar-refractivity contribution in [1.29, 1.82) is 0 Å². The number of amides is 2. The van der Waals surface area contributed by atoms with Crippen LogP contribution in [-0.2, 0) is 9.53 Å². The van der Waals surface area contributed by atoms with Gasteiger partial charge in [-0.3, -0.25) is 4.79 Å². The lowest BCUT2D eigenvalue weighted by atomic mass is 9.72. The Morgan fingerprint density at radius 2 is 1.53 bits per heavy atom. The number of rotatable bonds is 3. The molecule has 1 unspecified atom stereocenters. The van der Waals surface area contributed by atoms with Gasteiger partial charge in [0.2, 0.25) is 5.91 Å². The van der Waals surface area contributed by atoms with Crippen LogP contribution in [0.4, 0.5) is 4.79 Å². The number of benzene rings is 1. The first-order valence-corrected chi connectivity index (χ1v) is 11.6. The summed E-state index contributed by atoms with van der Waals surface area (Å²) in [6.45, 7) is 7.30. The third-order valence-corrected chi connectivity index (χ3v) is 6.48. The first kappa shape index (κ1) is 23.1. The van der Waals surface area contributed by atoms with Crippen LogP contribution in [0.2, 0.25) is 0 Å². The fourth-order valence-electron chi connectivity index (χ4n) is 4.41. The van der Waals surface area contributed by atoms with Crippen molar-refractivity contribution in [2.24, 2.45) is 0 Å². The van der Waals surface area contributed by atoms with Crippen molar-refractivity contribution in [2.75, 3.05) is 26.2 Å². The van der Waals surface area contributed by atoms with E-state index >= 15 is 0 Å². The first-order valence-electron chi connectivity index (χ1n) is 10.8. The van der Waals surface area contributed by atoms with Crippen LogP contribution >= 0.6 is 15.9 Å². The maximum atomic E-state index is 13.6. The Kier molecular flexibility index (Phi) is 7.13. The smallest absolute Gasteiger partial charge is 0.410 e. The average molecular weight is 481 g/mol. The number of ether oxygens (including phenoxy) is 1. The zero-order valence-electron chi connectivity index (χ0n) is 18.2. The largest absolute Gasteiger partial charge is 0.444 e. The van der Waals surface area contributed by atoms with Crippen molar-refractivity contribution in [1.82, 2.24) is 9.80 Å². The van der Waals surface area contributed by atoms with Crippen molar-refractivity contribution in [2.45, 2.75) is 70.0 Å². The molecule has 2 amide bonds. The van der Waals surface area contributed by atoms with Crippen LogP contribution in [0.15, 0.2) is 28.7 Å². The molecule has 1 aliphatic carbocycles. The number of carbonyl (C=O) groups is 2. The normalized spacial score (nSPS) is 20.6. The van der Waals surface area contributed by atoms with Crippen LogP contribution in [0.5, 0.6) is 0 Å². The van der Waals surface area contributed by atoms with Gasteiger partial charge in [0.15, 0.2) is 0 Å². The molecule has 1 heterocycles. The van der Waals surface area contributed by atoms with Gasteiger partial charge in [0.25, 0.3) is 0 Å². The van der Waals surface area contributed by atoms with Crippen LogP contribution in [-0.4, -0.2) is 64.3 Å². The Bertz CT molecular complexity index is 745. The molecular weight excluding hydrogens is 448 g/mol. The molecule has 0 radical (unpaired) electrons. The summed E-state index contributed by atoms with van der Waals surface area (Å²) >= 11 is 3.45. The molecule has 0 bridgehead atoms. The maximum Gasteiger partial charge on any atom is 0.410 e. The van der Waals surface area contributed by atoms with Gasteiger partial charge in [0.1, 0.15) is 5.60 Å². The number of piperazine rings is 1. The van der Waals surface area contributed by atoms with E-state index < -0.39 is 17.1 Å². The third kappa shape index (κ3) is 5.55. The van der Waals surface area contributed by atoms with Gasteiger partial charge >= 0.3 is 6.09 Å². The molecule has 30 heavy (non-hydrogen) atoms. The average Bonchev–Trinajstić information content (AvgIpc) is 2.69. The van der Waals surface area contributed by atoms with Crippen molar-refractivity contribution >= 4 is 27.9 Å². The molecule has 166 valence electrons. The van der Waals surface area contributed by atoms with Gasteiger partial charge < -0.3 is 19.6 Å². The summed E-state index contributed by atoms with van der Waals surface area (Å²) in [6.07, 6.45) is 3.89. The van der Waals surface area contributed by atoms with Gasteiger partial charge in [-0.05, 0) is 51.3 Å². The lowest BCUT2D eigenvalue weighted by Crippen LogP contribution is -2.55. The molecule has 1 N–H and O–H groups in total. The van der Waals surface area contributed by atoms with E-state index in [1.165, 1.54) is 0 Å². The molecule has 1 saturated carbocycles. The summed E-state index contributed by atoms with van der Waals surface area (Å²) in [5.41, 5.74) is -0.714. The van der Waals surface area contributed by atoms with Crippen molar-refractivity contribution < 1.29 is 19.4 Å². The quantitative estimate of drug-likeness (QED) is 0.699. The summed E-state index contributed by atoms with van der Waals surface area (Å²) in [5, 5.41) is 11.5. The molecule has 1 aromatic rings. The van der Waals surface area contributed by atoms with E-state index in [0.717, 1.165) is 29.3 Å². The van der Waals surface area contributed by atoms with Crippen molar-refractivity contribution in [3.05, 3.63) is 34.3 Å². The Balaban J connectivity index is 1.74. The highest BCUT2D eigenvalue weighted by Crippen LogP contribution is 2.41. The van der Waals surface area contributed by atoms with Gasteiger partial charge in [0, 0.05) is 30.7 Å². The zero-order valence-corrected chi connectivity index (χ0v) is 19.8. The fourth-order valence-corrected chi connectivity index (χ4v) is 4.67. The van der Waals surface area contributed by atoms with Crippen LogP contribution < -0.4 is 0 Å². The minimum absolute atomic E-state index is 0.0504. The monoisotopic (exact) mass is 480 g/mol. The van der Waals surface area contributed by atoms with Gasteiger partial charge in [-0.2, -0.15) is 0 Å². The molecule has 6 nitrogen and oxygen atoms in total. The Hall–Kier alpha value is -1.60. The molecule has 1 atom stereocenters. The lowest BCUT2D eigenvalue weighted by molar-refractivity contribution is -0.143. The molecule has 2 fully saturated rings. The molecule has 3 rings (SSSR count). The van der Waals surface area contributed by atoms with Gasteiger partial charge in [-0.1, -0.05) is 47.3 Å². The third-order valence-electron chi connectivity index (χ3n) is 5.95. The number of carbonyl (C=O) groups excluding carboxylic acids is 2. The number of hydrogen-bond acceptors (Lipinski definition) is 4. The van der Waals surface area contributed by atoms with E-state index in [1.54, 1.807) is 9.80 Å². The van der Waals surface area contributed by atoms with Gasteiger partial charge in [0.05, 0.1) is 11.5 Å². The molecule has 1 aliphatic heterocycles. The second-order valence-corrected chi connectivity index (χ2v) is 10.4. The molecular formula is C23H33BrN2O4. The van der Waals surface area contributed by atoms with E-state index in [-0.39, 0.29) is 12.0 Å². The maximum absolute atomic E-state index is 13.6. The molecule has 0 aromatic heterocycles. The second kappa shape index (κ2) is 9.27. The van der Waals surface area contributed by atoms with E-state index in [2.05, 4.69) is 15.9 Å². The fraction of sp³-hybridized carbons (Fsp3) is 0.652. The van der Waals surface area contributed by atoms with Crippen LogP contribution in [0.25, 0.3) is 0 Å². The van der Waals surface area contributed by atoms with Crippen LogP contribution in [0.1, 0.15) is 64.4 Å². The SMILES string of the molecule is CC(C)(C)OC(=O)N1CCN(C(=O)C(c2ccc(Br)cc2)C2(O)CCCCC2)CC1. The Morgan fingerprint density at radius 1 is 1.00 bits per heavy atom. The van der Waals surface area contributed by atoms with Crippen molar-refractivity contribution in [3.63, 3.8) is 0 Å². The topological polar surface area (TPSA) is 70.1 Å². The summed E-state index contributed by atoms with van der Waals surface area (Å²) in [7, 11) is 0. The highest BCUT2D eigenvalue weighted by molar-refractivity contribution is 9.10. The second-order valence-electron chi connectivity index (χ2n) is 9.44. The molecule has 2 aliphatic rings.